The van der Waals surface area contributed by atoms with Gasteiger partial charge in [0.05, 0.1) is 22.8 Å². The zero-order chi connectivity index (χ0) is 15.4. The maximum Gasteiger partial charge on any atom is 0.205 e. The predicted octanol–water partition coefficient (Wildman–Crippen LogP) is 5.08. The molecule has 0 atom stereocenters. The molecule has 0 N–H and O–H groups in total. The van der Waals surface area contributed by atoms with E-state index < -0.39 is 0 Å². The quantitative estimate of drug-likeness (QED) is 0.417. The fourth-order valence-electron chi connectivity index (χ4n) is 2.95. The third-order valence-electron chi connectivity index (χ3n) is 3.95. The molecule has 3 aromatic heterocycles. The Morgan fingerprint density at radius 3 is 2.52 bits per heavy atom. The van der Waals surface area contributed by atoms with Gasteiger partial charge in [0, 0.05) is 15.9 Å². The number of nitrogens with zero attached hydrogens (tertiary/aromatic N) is 3. The van der Waals surface area contributed by atoms with Gasteiger partial charge in [0.1, 0.15) is 5.52 Å². The van der Waals surface area contributed by atoms with E-state index in [0.29, 0.717) is 0 Å². The Morgan fingerprint density at radius 2 is 1.74 bits per heavy atom. The van der Waals surface area contributed by atoms with Crippen LogP contribution in [0.4, 0.5) is 0 Å². The summed E-state index contributed by atoms with van der Waals surface area (Å²) in [5.74, 6) is 0.733. The van der Waals surface area contributed by atoms with Crippen molar-refractivity contribution < 1.29 is 4.42 Å². The van der Waals surface area contributed by atoms with Gasteiger partial charge in [0.25, 0.3) is 0 Å². The molecule has 0 fully saturated rings. The molecule has 0 aliphatic carbocycles. The van der Waals surface area contributed by atoms with Crippen LogP contribution >= 0.6 is 15.9 Å². The van der Waals surface area contributed by atoms with E-state index in [0.717, 1.165) is 43.5 Å². The molecule has 0 bridgehead atoms. The fraction of sp³-hybridized carbons (Fsp3) is 0. The molecule has 110 valence electrons. The van der Waals surface area contributed by atoms with E-state index in [1.807, 2.05) is 47.0 Å². The van der Waals surface area contributed by atoms with Gasteiger partial charge >= 0.3 is 0 Å². The summed E-state index contributed by atoms with van der Waals surface area (Å²) in [6, 6.07) is 17.8. The van der Waals surface area contributed by atoms with Crippen LogP contribution in [0.5, 0.6) is 0 Å². The Kier molecular flexibility index (Phi) is 2.60. The third-order valence-corrected chi connectivity index (χ3v) is 4.44. The van der Waals surface area contributed by atoms with Gasteiger partial charge < -0.3 is 4.42 Å². The number of benzene rings is 2. The number of halogens is 1. The van der Waals surface area contributed by atoms with Crippen molar-refractivity contribution in [3.05, 3.63) is 65.3 Å². The van der Waals surface area contributed by atoms with Gasteiger partial charge in [-0.05, 0) is 36.4 Å². The second-order valence-corrected chi connectivity index (χ2v) is 6.25. The Balaban J connectivity index is 2.05. The summed E-state index contributed by atoms with van der Waals surface area (Å²) in [5.41, 5.74) is 4.45. The van der Waals surface area contributed by atoms with Crippen molar-refractivity contribution in [2.24, 2.45) is 0 Å². The van der Waals surface area contributed by atoms with Crippen LogP contribution in [-0.4, -0.2) is 14.5 Å². The van der Waals surface area contributed by atoms with Gasteiger partial charge in [-0.2, -0.15) is 0 Å². The molecule has 0 aliphatic heterocycles. The van der Waals surface area contributed by atoms with E-state index >= 15 is 0 Å². The first-order valence-electron chi connectivity index (χ1n) is 7.21. The van der Waals surface area contributed by atoms with Crippen molar-refractivity contribution >= 4 is 49.0 Å². The predicted molar refractivity (Wildman–Crippen MR) is 93.8 cm³/mol. The summed E-state index contributed by atoms with van der Waals surface area (Å²) >= 11 is 3.55. The maximum absolute atomic E-state index is 5.62. The van der Waals surface area contributed by atoms with Crippen LogP contribution in [0, 0.1) is 0 Å². The van der Waals surface area contributed by atoms with Gasteiger partial charge in [-0.15, -0.1) is 0 Å². The molecule has 0 saturated heterocycles. The van der Waals surface area contributed by atoms with Crippen molar-refractivity contribution in [1.82, 2.24) is 14.5 Å². The van der Waals surface area contributed by atoms with E-state index in [4.69, 9.17) is 14.4 Å². The van der Waals surface area contributed by atoms with Crippen LogP contribution < -0.4 is 0 Å². The van der Waals surface area contributed by atoms with Crippen LogP contribution in [0.3, 0.4) is 0 Å². The van der Waals surface area contributed by atoms with E-state index in [-0.39, 0.29) is 0 Å². The first kappa shape index (κ1) is 12.8. The van der Waals surface area contributed by atoms with Gasteiger partial charge in [0.2, 0.25) is 5.88 Å². The van der Waals surface area contributed by atoms with E-state index in [9.17, 15) is 0 Å². The number of hydrogen-bond acceptors (Lipinski definition) is 3. The Morgan fingerprint density at radius 1 is 0.913 bits per heavy atom. The van der Waals surface area contributed by atoms with Crippen molar-refractivity contribution in [1.29, 1.82) is 0 Å². The Labute approximate surface area is 139 Å². The summed E-state index contributed by atoms with van der Waals surface area (Å²) in [4.78, 5) is 9.66. The summed E-state index contributed by atoms with van der Waals surface area (Å²) in [5, 5.41) is 1.05. The molecule has 0 saturated carbocycles. The second kappa shape index (κ2) is 4.67. The van der Waals surface area contributed by atoms with Crippen molar-refractivity contribution in [3.63, 3.8) is 0 Å². The lowest BCUT2D eigenvalue weighted by Crippen LogP contribution is -1.94. The van der Waals surface area contributed by atoms with E-state index in [1.165, 1.54) is 0 Å². The minimum absolute atomic E-state index is 0.733. The van der Waals surface area contributed by atoms with Crippen LogP contribution in [0.25, 0.3) is 39.0 Å². The normalized spacial score (nSPS) is 11.7. The maximum atomic E-state index is 5.62. The average Bonchev–Trinajstić information content (AvgIpc) is 3.18. The molecule has 0 unspecified atom stereocenters. The summed E-state index contributed by atoms with van der Waals surface area (Å²) in [6.45, 7) is 0. The number of aromatic nitrogens is 3. The van der Waals surface area contributed by atoms with Gasteiger partial charge in [-0.1, -0.05) is 28.1 Å². The lowest BCUT2D eigenvalue weighted by molar-refractivity contribution is 0.546. The molecule has 5 aromatic rings. The summed E-state index contributed by atoms with van der Waals surface area (Å²) in [7, 11) is 0. The Bertz CT molecular complexity index is 1180. The first-order chi connectivity index (χ1) is 11.3. The third kappa shape index (κ3) is 1.83. The Hall–Kier alpha value is -2.66. The largest absolute Gasteiger partial charge is 0.448 e. The molecule has 23 heavy (non-hydrogen) atoms. The van der Waals surface area contributed by atoms with Crippen LogP contribution in [0.15, 0.2) is 69.8 Å². The zero-order valence-corrected chi connectivity index (χ0v) is 13.5. The van der Waals surface area contributed by atoms with E-state index in [2.05, 4.69) is 28.1 Å². The molecular formula is C18H10BrN3O. The second-order valence-electron chi connectivity index (χ2n) is 5.33. The highest BCUT2D eigenvalue weighted by Gasteiger charge is 2.17. The van der Waals surface area contributed by atoms with Gasteiger partial charge in [-0.25, -0.2) is 9.97 Å². The zero-order valence-electron chi connectivity index (χ0n) is 11.9. The first-order valence-corrected chi connectivity index (χ1v) is 8.01. The van der Waals surface area contributed by atoms with Crippen molar-refractivity contribution in [2.75, 3.05) is 0 Å². The topological polar surface area (TPSA) is 43.9 Å². The molecule has 4 nitrogen and oxygen atoms in total. The number of furan rings is 1. The van der Waals surface area contributed by atoms with Crippen LogP contribution in [0.1, 0.15) is 0 Å². The molecule has 5 rings (SSSR count). The number of hydrogen-bond donors (Lipinski definition) is 0. The smallest absolute Gasteiger partial charge is 0.205 e. The molecule has 5 heteroatoms. The summed E-state index contributed by atoms with van der Waals surface area (Å²) in [6.07, 6.45) is 1.67. The van der Waals surface area contributed by atoms with E-state index in [1.54, 1.807) is 6.26 Å². The fourth-order valence-corrected chi connectivity index (χ4v) is 3.32. The number of para-hydroxylation sites is 2. The van der Waals surface area contributed by atoms with Gasteiger partial charge in [-0.3, -0.25) is 4.57 Å². The molecule has 0 aliphatic rings. The highest BCUT2D eigenvalue weighted by atomic mass is 79.9. The molecular weight excluding hydrogens is 354 g/mol. The SMILES string of the molecule is Brc1ccc2c(c1)c1nc3ccccc3nc1n2-c1ccco1. The van der Waals surface area contributed by atoms with Gasteiger partial charge in [0.15, 0.2) is 5.65 Å². The highest BCUT2D eigenvalue weighted by molar-refractivity contribution is 9.10. The van der Waals surface area contributed by atoms with Crippen molar-refractivity contribution in [2.45, 2.75) is 0 Å². The monoisotopic (exact) mass is 363 g/mol. The lowest BCUT2D eigenvalue weighted by atomic mass is 10.2. The van der Waals surface area contributed by atoms with Crippen molar-refractivity contribution in [3.8, 4) is 5.88 Å². The number of rotatable bonds is 1. The molecule has 3 heterocycles. The standard InChI is InChI=1S/C18H10BrN3O/c19-11-7-8-15-12(10-11)17-18(22(15)16-6-3-9-23-16)21-14-5-2-1-4-13(14)20-17/h1-10H. The molecule has 0 radical (unpaired) electrons. The molecule has 2 aromatic carbocycles. The van der Waals surface area contributed by atoms with Crippen LogP contribution in [0.2, 0.25) is 0 Å². The lowest BCUT2D eigenvalue weighted by Gasteiger charge is -2.02. The van der Waals surface area contributed by atoms with Crippen LogP contribution in [-0.2, 0) is 0 Å². The highest BCUT2D eigenvalue weighted by Crippen LogP contribution is 2.32. The molecule has 0 spiro atoms. The summed E-state index contributed by atoms with van der Waals surface area (Å²) < 4.78 is 8.64. The number of fused-ring (bicyclic) bond motifs is 4. The minimum atomic E-state index is 0.733. The minimum Gasteiger partial charge on any atom is -0.448 e. The molecule has 0 amide bonds. The average molecular weight is 364 g/mol.